The SMILES string of the molecule is C[C@H](NCC(=O)N(CC#N)c1ccccc1)C(=O)O. The summed E-state index contributed by atoms with van der Waals surface area (Å²) in [6.45, 7) is 1.24. The Morgan fingerprint density at radius 3 is 2.58 bits per heavy atom. The Hall–Kier alpha value is -2.39. The van der Waals surface area contributed by atoms with E-state index >= 15 is 0 Å². The first-order valence-electron chi connectivity index (χ1n) is 5.74. The van der Waals surface area contributed by atoms with Crippen molar-refractivity contribution in [2.75, 3.05) is 18.0 Å². The number of hydrogen-bond donors (Lipinski definition) is 2. The van der Waals surface area contributed by atoms with Gasteiger partial charge in [0.15, 0.2) is 0 Å². The van der Waals surface area contributed by atoms with Crippen LogP contribution in [0.2, 0.25) is 0 Å². The van der Waals surface area contributed by atoms with Gasteiger partial charge in [0.05, 0.1) is 12.6 Å². The standard InChI is InChI=1S/C13H15N3O3/c1-10(13(18)19)15-9-12(17)16(8-7-14)11-5-3-2-4-6-11/h2-6,10,15H,8-9H2,1H3,(H,18,19)/t10-/m0/s1. The minimum atomic E-state index is -1.03. The van der Waals surface area contributed by atoms with Crippen molar-refractivity contribution < 1.29 is 14.7 Å². The van der Waals surface area contributed by atoms with E-state index in [1.165, 1.54) is 11.8 Å². The molecule has 0 aliphatic rings. The summed E-state index contributed by atoms with van der Waals surface area (Å²) < 4.78 is 0. The van der Waals surface area contributed by atoms with Gasteiger partial charge in [-0.2, -0.15) is 5.26 Å². The van der Waals surface area contributed by atoms with Gasteiger partial charge in [-0.25, -0.2) is 0 Å². The van der Waals surface area contributed by atoms with Crippen molar-refractivity contribution in [1.82, 2.24) is 5.32 Å². The predicted molar refractivity (Wildman–Crippen MR) is 69.5 cm³/mol. The third-order valence-corrected chi connectivity index (χ3v) is 2.53. The van der Waals surface area contributed by atoms with Crippen molar-refractivity contribution in [3.63, 3.8) is 0 Å². The molecule has 0 saturated carbocycles. The van der Waals surface area contributed by atoms with Crippen LogP contribution >= 0.6 is 0 Å². The molecular formula is C13H15N3O3. The average Bonchev–Trinajstić information content (AvgIpc) is 2.42. The van der Waals surface area contributed by atoms with Crippen molar-refractivity contribution in [3.05, 3.63) is 30.3 Å². The number of hydrogen-bond acceptors (Lipinski definition) is 4. The Morgan fingerprint density at radius 1 is 1.42 bits per heavy atom. The summed E-state index contributed by atoms with van der Waals surface area (Å²) in [5, 5.41) is 20.1. The van der Waals surface area contributed by atoms with Crippen molar-refractivity contribution in [3.8, 4) is 6.07 Å². The van der Waals surface area contributed by atoms with Gasteiger partial charge in [-0.3, -0.25) is 19.8 Å². The molecular weight excluding hydrogens is 246 g/mol. The molecule has 0 aromatic heterocycles. The number of carboxylic acids is 1. The largest absolute Gasteiger partial charge is 0.480 e. The van der Waals surface area contributed by atoms with Crippen LogP contribution in [-0.2, 0) is 9.59 Å². The van der Waals surface area contributed by atoms with Crippen molar-refractivity contribution in [2.24, 2.45) is 0 Å². The van der Waals surface area contributed by atoms with Crippen molar-refractivity contribution in [1.29, 1.82) is 5.26 Å². The molecule has 1 aromatic rings. The average molecular weight is 261 g/mol. The lowest BCUT2D eigenvalue weighted by atomic mass is 10.2. The number of anilines is 1. The Balaban J connectivity index is 2.70. The third kappa shape index (κ3) is 4.41. The molecule has 19 heavy (non-hydrogen) atoms. The molecule has 100 valence electrons. The van der Waals surface area contributed by atoms with Gasteiger partial charge in [0.25, 0.3) is 0 Å². The number of carboxylic acid groups (broad SMARTS) is 1. The summed E-state index contributed by atoms with van der Waals surface area (Å²) in [5.41, 5.74) is 0.610. The van der Waals surface area contributed by atoms with E-state index < -0.39 is 12.0 Å². The highest BCUT2D eigenvalue weighted by atomic mass is 16.4. The summed E-state index contributed by atoms with van der Waals surface area (Å²) in [4.78, 5) is 23.9. The van der Waals surface area contributed by atoms with Crippen LogP contribution < -0.4 is 10.2 Å². The minimum Gasteiger partial charge on any atom is -0.480 e. The molecule has 0 spiro atoms. The molecule has 6 nitrogen and oxygen atoms in total. The number of carbonyl (C=O) groups excluding carboxylic acids is 1. The zero-order valence-corrected chi connectivity index (χ0v) is 10.5. The fourth-order valence-corrected chi connectivity index (χ4v) is 1.43. The van der Waals surface area contributed by atoms with E-state index in [2.05, 4.69) is 5.32 Å². The highest BCUT2D eigenvalue weighted by Crippen LogP contribution is 2.12. The number of nitriles is 1. The molecule has 0 aliphatic carbocycles. The number of nitrogens with one attached hydrogen (secondary N) is 1. The molecule has 6 heteroatoms. The number of amides is 1. The lowest BCUT2D eigenvalue weighted by Crippen LogP contribution is -2.43. The van der Waals surface area contributed by atoms with Gasteiger partial charge < -0.3 is 5.11 Å². The van der Waals surface area contributed by atoms with Gasteiger partial charge in [-0.05, 0) is 19.1 Å². The van der Waals surface area contributed by atoms with E-state index in [4.69, 9.17) is 10.4 Å². The molecule has 1 aromatic carbocycles. The summed E-state index contributed by atoms with van der Waals surface area (Å²) in [5.74, 6) is -1.37. The Labute approximate surface area is 111 Å². The monoisotopic (exact) mass is 261 g/mol. The van der Waals surface area contributed by atoms with Gasteiger partial charge in [-0.15, -0.1) is 0 Å². The predicted octanol–water partition coefficient (Wildman–Crippen LogP) is 0.606. The zero-order valence-electron chi connectivity index (χ0n) is 10.5. The van der Waals surface area contributed by atoms with Gasteiger partial charge in [0.1, 0.15) is 12.6 Å². The Bertz CT molecular complexity index is 482. The lowest BCUT2D eigenvalue weighted by Gasteiger charge is -2.20. The highest BCUT2D eigenvalue weighted by molar-refractivity contribution is 5.95. The third-order valence-electron chi connectivity index (χ3n) is 2.53. The molecule has 0 radical (unpaired) electrons. The van der Waals surface area contributed by atoms with Crippen LogP contribution in [0.25, 0.3) is 0 Å². The molecule has 1 rings (SSSR count). The van der Waals surface area contributed by atoms with E-state index in [9.17, 15) is 9.59 Å². The summed E-state index contributed by atoms with van der Waals surface area (Å²) in [6.07, 6.45) is 0. The number of para-hydroxylation sites is 1. The number of aliphatic carboxylic acids is 1. The second-order valence-electron chi connectivity index (χ2n) is 3.91. The van der Waals surface area contributed by atoms with Crippen molar-refractivity contribution in [2.45, 2.75) is 13.0 Å². The lowest BCUT2D eigenvalue weighted by molar-refractivity contribution is -0.139. The zero-order chi connectivity index (χ0) is 14.3. The second kappa shape index (κ2) is 7.13. The molecule has 1 amide bonds. The maximum absolute atomic E-state index is 12.0. The van der Waals surface area contributed by atoms with Gasteiger partial charge in [0.2, 0.25) is 5.91 Å². The fraction of sp³-hybridized carbons (Fsp3) is 0.308. The molecule has 2 N–H and O–H groups in total. The van der Waals surface area contributed by atoms with Crippen LogP contribution in [0.15, 0.2) is 30.3 Å². The Morgan fingerprint density at radius 2 is 2.05 bits per heavy atom. The first kappa shape index (κ1) is 14.7. The van der Waals surface area contributed by atoms with E-state index in [1.807, 2.05) is 12.1 Å². The molecule has 0 fully saturated rings. The summed E-state index contributed by atoms with van der Waals surface area (Å²) in [7, 11) is 0. The second-order valence-corrected chi connectivity index (χ2v) is 3.91. The van der Waals surface area contributed by atoms with Crippen LogP contribution in [0, 0.1) is 11.3 Å². The van der Waals surface area contributed by atoms with Gasteiger partial charge >= 0.3 is 5.97 Å². The van der Waals surface area contributed by atoms with E-state index in [1.54, 1.807) is 24.3 Å². The first-order valence-corrected chi connectivity index (χ1v) is 5.74. The maximum Gasteiger partial charge on any atom is 0.320 e. The molecule has 0 unspecified atom stereocenters. The summed E-state index contributed by atoms with van der Waals surface area (Å²) in [6, 6.07) is 9.88. The number of rotatable bonds is 6. The van der Waals surface area contributed by atoms with E-state index in [0.717, 1.165) is 0 Å². The van der Waals surface area contributed by atoms with Crippen LogP contribution in [-0.4, -0.2) is 36.1 Å². The van der Waals surface area contributed by atoms with Crippen LogP contribution in [0.5, 0.6) is 0 Å². The molecule has 0 heterocycles. The molecule has 0 aliphatic heterocycles. The number of carbonyl (C=O) groups is 2. The topological polar surface area (TPSA) is 93.4 Å². The van der Waals surface area contributed by atoms with Crippen LogP contribution in [0.4, 0.5) is 5.69 Å². The number of nitrogens with zero attached hydrogens (tertiary/aromatic N) is 2. The van der Waals surface area contributed by atoms with Gasteiger partial charge in [0, 0.05) is 5.69 Å². The quantitative estimate of drug-likeness (QED) is 0.732. The molecule has 0 saturated heterocycles. The van der Waals surface area contributed by atoms with Crippen molar-refractivity contribution >= 4 is 17.6 Å². The highest BCUT2D eigenvalue weighted by Gasteiger charge is 2.17. The molecule has 0 bridgehead atoms. The normalized spacial score (nSPS) is 11.4. The summed E-state index contributed by atoms with van der Waals surface area (Å²) >= 11 is 0. The van der Waals surface area contributed by atoms with Gasteiger partial charge in [-0.1, -0.05) is 18.2 Å². The Kier molecular flexibility index (Phi) is 5.51. The first-order chi connectivity index (χ1) is 9.06. The minimum absolute atomic E-state index is 0.0774. The maximum atomic E-state index is 12.0. The molecule has 1 atom stereocenters. The van der Waals surface area contributed by atoms with Crippen LogP contribution in [0.3, 0.4) is 0 Å². The number of benzene rings is 1. The van der Waals surface area contributed by atoms with Crippen LogP contribution in [0.1, 0.15) is 6.92 Å². The fourth-order valence-electron chi connectivity index (χ4n) is 1.43. The van der Waals surface area contributed by atoms with E-state index in [0.29, 0.717) is 5.69 Å². The smallest absolute Gasteiger partial charge is 0.320 e. The van der Waals surface area contributed by atoms with E-state index in [-0.39, 0.29) is 19.0 Å².